The zero-order valence-electron chi connectivity index (χ0n) is 14.6. The lowest BCUT2D eigenvalue weighted by Crippen LogP contribution is -2.39. The van der Waals surface area contributed by atoms with Crippen LogP contribution in [0.4, 0.5) is 0 Å². The summed E-state index contributed by atoms with van der Waals surface area (Å²) in [5.41, 5.74) is 1.18. The molecule has 0 amide bonds. The van der Waals surface area contributed by atoms with Crippen LogP contribution in [0, 0.1) is 0 Å². The van der Waals surface area contributed by atoms with E-state index in [0.29, 0.717) is 33.0 Å². The van der Waals surface area contributed by atoms with E-state index in [2.05, 4.69) is 27.8 Å². The molecular weight excluding hydrogens is 421 g/mol. The van der Waals surface area contributed by atoms with E-state index in [1.807, 2.05) is 18.2 Å². The zero-order chi connectivity index (χ0) is 16.6. The highest BCUT2D eigenvalue weighted by Gasteiger charge is 1.97. The smallest absolute Gasteiger partial charge is 0.191 e. The van der Waals surface area contributed by atoms with E-state index in [1.54, 1.807) is 14.2 Å². The van der Waals surface area contributed by atoms with Gasteiger partial charge >= 0.3 is 0 Å². The SMILES string of the molecule is CN=C(NCCCOCCOC)NCCOCc1ccccc1.I. The average molecular weight is 451 g/mol. The number of ether oxygens (including phenoxy) is 3. The Hall–Kier alpha value is -0.900. The van der Waals surface area contributed by atoms with E-state index in [9.17, 15) is 0 Å². The van der Waals surface area contributed by atoms with Crippen LogP contribution in [-0.4, -0.2) is 59.6 Å². The maximum atomic E-state index is 5.62. The minimum atomic E-state index is 0. The Morgan fingerprint density at radius 3 is 2.42 bits per heavy atom. The predicted octanol–water partition coefficient (Wildman–Crippen LogP) is 2.04. The molecule has 0 saturated heterocycles. The van der Waals surface area contributed by atoms with Crippen LogP contribution < -0.4 is 10.6 Å². The number of guanidine groups is 1. The molecule has 0 unspecified atom stereocenters. The molecule has 6 nitrogen and oxygen atoms in total. The standard InChI is InChI=1S/C17H29N3O3.HI/c1-18-17(19-9-6-11-22-14-13-21-2)20-10-12-23-15-16-7-4-3-5-8-16;/h3-5,7-8H,6,9-15H2,1-2H3,(H2,18,19,20);1H. The maximum Gasteiger partial charge on any atom is 0.191 e. The largest absolute Gasteiger partial charge is 0.382 e. The fraction of sp³-hybridized carbons (Fsp3) is 0.588. The summed E-state index contributed by atoms with van der Waals surface area (Å²) in [6, 6.07) is 10.2. The van der Waals surface area contributed by atoms with E-state index >= 15 is 0 Å². The van der Waals surface area contributed by atoms with Crippen molar-refractivity contribution in [3.63, 3.8) is 0 Å². The summed E-state index contributed by atoms with van der Waals surface area (Å²) in [6.07, 6.45) is 0.926. The van der Waals surface area contributed by atoms with Crippen LogP contribution in [0.25, 0.3) is 0 Å². The van der Waals surface area contributed by atoms with Crippen molar-refractivity contribution in [1.82, 2.24) is 10.6 Å². The van der Waals surface area contributed by atoms with Crippen LogP contribution in [-0.2, 0) is 20.8 Å². The van der Waals surface area contributed by atoms with Crippen molar-refractivity contribution in [1.29, 1.82) is 0 Å². The first kappa shape index (κ1) is 23.1. The molecule has 7 heteroatoms. The first-order valence-corrected chi connectivity index (χ1v) is 7.99. The van der Waals surface area contributed by atoms with Crippen molar-refractivity contribution < 1.29 is 14.2 Å². The van der Waals surface area contributed by atoms with Gasteiger partial charge in [0.05, 0.1) is 26.4 Å². The summed E-state index contributed by atoms with van der Waals surface area (Å²) < 4.78 is 15.9. The number of aliphatic imine (C=N–C) groups is 1. The van der Waals surface area contributed by atoms with Gasteiger partial charge < -0.3 is 24.8 Å². The van der Waals surface area contributed by atoms with Crippen LogP contribution in [0.3, 0.4) is 0 Å². The summed E-state index contributed by atoms with van der Waals surface area (Å²) in [6.45, 7) is 4.80. The minimum Gasteiger partial charge on any atom is -0.382 e. The number of hydrogen-bond donors (Lipinski definition) is 2. The summed E-state index contributed by atoms with van der Waals surface area (Å²) in [7, 11) is 3.43. The first-order chi connectivity index (χ1) is 11.4. The second-order valence-electron chi connectivity index (χ2n) is 4.92. The molecule has 24 heavy (non-hydrogen) atoms. The molecule has 0 fully saturated rings. The molecule has 0 aliphatic rings. The third-order valence-electron chi connectivity index (χ3n) is 3.06. The quantitative estimate of drug-likeness (QED) is 0.221. The van der Waals surface area contributed by atoms with E-state index in [0.717, 1.165) is 25.5 Å². The Morgan fingerprint density at radius 2 is 1.71 bits per heavy atom. The summed E-state index contributed by atoms with van der Waals surface area (Å²) in [4.78, 5) is 4.17. The fourth-order valence-corrected chi connectivity index (χ4v) is 1.85. The van der Waals surface area contributed by atoms with Gasteiger partial charge in [-0.2, -0.15) is 0 Å². The van der Waals surface area contributed by atoms with Crippen molar-refractivity contribution in [3.05, 3.63) is 35.9 Å². The molecule has 1 rings (SSSR count). The number of halogens is 1. The number of hydrogen-bond acceptors (Lipinski definition) is 4. The van der Waals surface area contributed by atoms with Crippen LogP contribution in [0.2, 0.25) is 0 Å². The molecule has 0 heterocycles. The Bertz CT molecular complexity index is 419. The van der Waals surface area contributed by atoms with Crippen molar-refractivity contribution in [2.45, 2.75) is 13.0 Å². The molecule has 0 aliphatic heterocycles. The van der Waals surface area contributed by atoms with Crippen LogP contribution in [0.15, 0.2) is 35.3 Å². The lowest BCUT2D eigenvalue weighted by atomic mass is 10.2. The predicted molar refractivity (Wildman–Crippen MR) is 108 cm³/mol. The van der Waals surface area contributed by atoms with Gasteiger partial charge in [0.15, 0.2) is 5.96 Å². The van der Waals surface area contributed by atoms with Crippen molar-refractivity contribution in [2.75, 3.05) is 53.7 Å². The van der Waals surface area contributed by atoms with Gasteiger partial charge in [0.25, 0.3) is 0 Å². The van der Waals surface area contributed by atoms with Gasteiger partial charge in [-0.3, -0.25) is 4.99 Å². The van der Waals surface area contributed by atoms with E-state index < -0.39 is 0 Å². The van der Waals surface area contributed by atoms with E-state index in [-0.39, 0.29) is 24.0 Å². The number of benzene rings is 1. The highest BCUT2D eigenvalue weighted by atomic mass is 127. The molecule has 0 aromatic heterocycles. The van der Waals surface area contributed by atoms with Gasteiger partial charge in [-0.15, -0.1) is 24.0 Å². The number of nitrogens with zero attached hydrogens (tertiary/aromatic N) is 1. The monoisotopic (exact) mass is 451 g/mol. The molecule has 138 valence electrons. The lowest BCUT2D eigenvalue weighted by Gasteiger charge is -2.12. The second-order valence-corrected chi connectivity index (χ2v) is 4.92. The topological polar surface area (TPSA) is 64.1 Å². The van der Waals surface area contributed by atoms with E-state index in [4.69, 9.17) is 14.2 Å². The second kappa shape index (κ2) is 16.9. The van der Waals surface area contributed by atoms with E-state index in [1.165, 1.54) is 5.56 Å². The van der Waals surface area contributed by atoms with Crippen LogP contribution in [0.5, 0.6) is 0 Å². The Morgan fingerprint density at radius 1 is 0.958 bits per heavy atom. The molecule has 2 N–H and O–H groups in total. The summed E-state index contributed by atoms with van der Waals surface area (Å²) in [5, 5.41) is 6.46. The molecule has 0 saturated carbocycles. The van der Waals surface area contributed by atoms with Crippen molar-refractivity contribution >= 4 is 29.9 Å². The average Bonchev–Trinajstić information content (AvgIpc) is 2.59. The Labute approximate surface area is 162 Å². The summed E-state index contributed by atoms with van der Waals surface area (Å²) in [5.74, 6) is 0.783. The molecule has 0 radical (unpaired) electrons. The summed E-state index contributed by atoms with van der Waals surface area (Å²) >= 11 is 0. The maximum absolute atomic E-state index is 5.62. The van der Waals surface area contributed by atoms with Gasteiger partial charge in [0.1, 0.15) is 0 Å². The van der Waals surface area contributed by atoms with Gasteiger partial charge in [-0.25, -0.2) is 0 Å². The molecule has 0 spiro atoms. The van der Waals surface area contributed by atoms with Crippen molar-refractivity contribution in [2.24, 2.45) is 4.99 Å². The molecule has 0 bridgehead atoms. The number of methoxy groups -OCH3 is 1. The van der Waals surface area contributed by atoms with Gasteiger partial charge in [0.2, 0.25) is 0 Å². The zero-order valence-corrected chi connectivity index (χ0v) is 17.0. The Balaban J connectivity index is 0.00000529. The number of rotatable bonds is 12. The fourth-order valence-electron chi connectivity index (χ4n) is 1.85. The minimum absolute atomic E-state index is 0. The molecule has 0 aliphatic carbocycles. The van der Waals surface area contributed by atoms with Crippen molar-refractivity contribution in [3.8, 4) is 0 Å². The molecular formula is C17H30IN3O3. The molecule has 1 aromatic carbocycles. The van der Waals surface area contributed by atoms with Gasteiger partial charge in [-0.1, -0.05) is 30.3 Å². The normalized spacial score (nSPS) is 11.0. The third kappa shape index (κ3) is 12.5. The number of nitrogens with one attached hydrogen (secondary N) is 2. The van der Waals surface area contributed by atoms with Crippen LogP contribution >= 0.6 is 24.0 Å². The van der Waals surface area contributed by atoms with Gasteiger partial charge in [0, 0.05) is 33.9 Å². The molecule has 1 aromatic rings. The van der Waals surface area contributed by atoms with Gasteiger partial charge in [-0.05, 0) is 12.0 Å². The van der Waals surface area contributed by atoms with Crippen LogP contribution in [0.1, 0.15) is 12.0 Å². The highest BCUT2D eigenvalue weighted by Crippen LogP contribution is 1.99. The lowest BCUT2D eigenvalue weighted by molar-refractivity contribution is 0.0698. The third-order valence-corrected chi connectivity index (χ3v) is 3.06. The molecule has 0 atom stereocenters. The Kier molecular flexibility index (Phi) is 16.3. The highest BCUT2D eigenvalue weighted by molar-refractivity contribution is 14.0. The first-order valence-electron chi connectivity index (χ1n) is 7.99.